The number of aliphatic hydroxyl groups excluding tert-OH is 1. The second-order valence-electron chi connectivity index (χ2n) is 1.45. The summed E-state index contributed by atoms with van der Waals surface area (Å²) in [4.78, 5) is 19.4. The van der Waals surface area contributed by atoms with Crippen molar-refractivity contribution in [1.82, 2.24) is 0 Å². The van der Waals surface area contributed by atoms with Crippen LogP contribution in [-0.4, -0.2) is 33.4 Å². The molecule has 0 aliphatic heterocycles. The van der Waals surface area contributed by atoms with Crippen LogP contribution in [0.2, 0.25) is 0 Å². The first-order valence-corrected chi connectivity index (χ1v) is 2.16. The van der Waals surface area contributed by atoms with E-state index in [4.69, 9.17) is 15.3 Å². The van der Waals surface area contributed by atoms with Crippen LogP contribution < -0.4 is 29.6 Å². The van der Waals surface area contributed by atoms with Crippen molar-refractivity contribution in [3.63, 3.8) is 0 Å². The predicted molar refractivity (Wildman–Crippen MR) is 27.0 cm³/mol. The van der Waals surface area contributed by atoms with Gasteiger partial charge in [-0.05, 0) is 0 Å². The molecule has 1 radical (unpaired) electrons. The van der Waals surface area contributed by atoms with E-state index >= 15 is 0 Å². The minimum absolute atomic E-state index is 0. The summed E-state index contributed by atoms with van der Waals surface area (Å²) in [6.45, 7) is 0. The van der Waals surface area contributed by atoms with Gasteiger partial charge >= 0.3 is 41.5 Å². The molecule has 0 aromatic heterocycles. The van der Waals surface area contributed by atoms with Crippen LogP contribution in [0.25, 0.3) is 0 Å². The Bertz CT molecular complexity index is 143. The van der Waals surface area contributed by atoms with Crippen LogP contribution in [-0.2, 0) is 26.7 Å². The van der Waals surface area contributed by atoms with Gasteiger partial charge in [0.15, 0.2) is 6.10 Å². The molecule has 0 rings (SSSR count). The summed E-state index contributed by atoms with van der Waals surface area (Å²) in [6.07, 6.45) is -2.54. The predicted octanol–water partition coefficient (Wildman–Crippen LogP) is -3.98. The second-order valence-corrected chi connectivity index (χ2v) is 1.45. The fourth-order valence-corrected chi connectivity index (χ4v) is 0.253. The van der Waals surface area contributed by atoms with Gasteiger partial charge in [-0.15, -0.1) is 0 Å². The molecule has 0 spiro atoms. The molecule has 1 unspecified atom stereocenters. The van der Waals surface area contributed by atoms with E-state index in [9.17, 15) is 9.59 Å². The van der Waals surface area contributed by atoms with Crippen LogP contribution in [0.5, 0.6) is 0 Å². The molecule has 0 aromatic carbocycles. The minimum Gasteiger partial charge on any atom is -1.00 e. The zero-order chi connectivity index (χ0) is 7.44. The molecular weight excluding hydrogens is 215 g/mol. The topological polar surface area (TPSA) is 94.8 Å². The number of carboxylic acids is 2. The molecule has 1 atom stereocenters. The molecule has 0 aliphatic carbocycles. The summed E-state index contributed by atoms with van der Waals surface area (Å²) in [5.74, 6) is -2.85. The van der Waals surface area contributed by atoms with Gasteiger partial charge in [0.05, 0.1) is 6.42 Å². The van der Waals surface area contributed by atoms with Crippen LogP contribution in [0, 0.1) is 0 Å². The molecule has 3 N–H and O–H groups in total. The number of carbonyl (C=O) groups is 2. The van der Waals surface area contributed by atoms with Crippen LogP contribution in [0.1, 0.15) is 7.85 Å². The van der Waals surface area contributed by atoms with E-state index in [0.29, 0.717) is 0 Å². The number of aliphatic carboxylic acids is 2. The first kappa shape index (κ1) is 17.5. The Balaban J connectivity index is -0.000000107. The third kappa shape index (κ3) is 10.4. The average Bonchev–Trinajstić information content (AvgIpc) is 1.63. The van der Waals surface area contributed by atoms with Crippen molar-refractivity contribution in [3.8, 4) is 0 Å². The summed E-state index contributed by atoms with van der Waals surface area (Å²) >= 11 is 0. The molecule has 0 saturated carbocycles. The maximum atomic E-state index is 9.72. The van der Waals surface area contributed by atoms with Gasteiger partial charge in [0.25, 0.3) is 0 Å². The first-order valence-electron chi connectivity index (χ1n) is 2.16. The Morgan fingerprint density at radius 3 is 1.82 bits per heavy atom. The zero-order valence-corrected chi connectivity index (χ0v) is 8.69. The first-order chi connectivity index (χ1) is 4.04. The third-order valence-corrected chi connectivity index (χ3v) is 0.653. The normalized spacial score (nSPS) is 10.3. The van der Waals surface area contributed by atoms with E-state index < -0.39 is 24.5 Å². The Morgan fingerprint density at radius 1 is 1.36 bits per heavy atom. The average molecular weight is 222 g/mol. The summed E-state index contributed by atoms with van der Waals surface area (Å²) in [5.41, 5.74) is 0. The van der Waals surface area contributed by atoms with Crippen molar-refractivity contribution >= 4 is 11.9 Å². The fourth-order valence-electron chi connectivity index (χ4n) is 0.253. The van der Waals surface area contributed by atoms with Crippen LogP contribution >= 0.6 is 0 Å². The van der Waals surface area contributed by atoms with Gasteiger partial charge in [-0.3, -0.25) is 4.79 Å². The molecule has 5 nitrogen and oxygen atoms in total. The van der Waals surface area contributed by atoms with Gasteiger partial charge < -0.3 is 16.7 Å². The molecule has 0 aromatic rings. The maximum Gasteiger partial charge on any atom is 1.00 e. The van der Waals surface area contributed by atoms with Crippen LogP contribution in [0.3, 0.4) is 0 Å². The van der Waals surface area contributed by atoms with Gasteiger partial charge in [0.1, 0.15) is 0 Å². The molecule has 0 bridgehead atoms. The molecule has 11 heavy (non-hydrogen) atoms. The van der Waals surface area contributed by atoms with Crippen molar-refractivity contribution in [1.29, 1.82) is 0 Å². The van der Waals surface area contributed by atoms with Crippen LogP contribution in [0.15, 0.2) is 0 Å². The molecule has 7 heteroatoms. The van der Waals surface area contributed by atoms with Gasteiger partial charge in [0, 0.05) is 17.1 Å². The molecule has 65 valence electrons. The van der Waals surface area contributed by atoms with Gasteiger partial charge in [-0.1, -0.05) is 0 Å². The minimum atomic E-state index is -1.79. The molecule has 0 saturated heterocycles. The van der Waals surface area contributed by atoms with E-state index in [-0.39, 0.29) is 48.1 Å². The molecule has 0 aliphatic rings. The summed E-state index contributed by atoms with van der Waals surface area (Å²) in [7, 11) is 0. The van der Waals surface area contributed by atoms with E-state index in [2.05, 4.69) is 0 Å². The maximum absolute atomic E-state index is 9.72. The largest absolute Gasteiger partial charge is 1.00 e. The number of hydrogen-bond acceptors (Lipinski definition) is 3. The fraction of sp³-hybridized carbons (Fsp3) is 0.500. The molecule has 0 heterocycles. The molecule has 0 amide bonds. The summed E-state index contributed by atoms with van der Waals surface area (Å²) in [5, 5.41) is 24.1. The van der Waals surface area contributed by atoms with E-state index in [1.165, 1.54) is 0 Å². The van der Waals surface area contributed by atoms with Crippen molar-refractivity contribution in [2.75, 3.05) is 0 Å². The van der Waals surface area contributed by atoms with Crippen molar-refractivity contribution < 1.29 is 73.0 Å². The second kappa shape index (κ2) is 8.52. The monoisotopic (exact) mass is 221 g/mol. The Hall–Kier alpha value is 0.419. The van der Waals surface area contributed by atoms with E-state index in [1.807, 2.05) is 0 Å². The Morgan fingerprint density at radius 2 is 1.73 bits per heavy atom. The Kier molecular flexibility index (Phi) is 13.5. The van der Waals surface area contributed by atoms with E-state index in [1.54, 1.807) is 0 Å². The number of carboxylic acid groups (broad SMARTS) is 2. The summed E-state index contributed by atoms with van der Waals surface area (Å²) in [6, 6.07) is 0. The standard InChI is InChI=1S/C4H6O5.Cu.Na.H/c5-2(4(8)9)1-3(6)7;;;/h2,5H,1H2,(H,6,7)(H,8,9);;;/q;;+1;-1. The van der Waals surface area contributed by atoms with Crippen molar-refractivity contribution in [2.45, 2.75) is 12.5 Å². The smallest absolute Gasteiger partial charge is 1.00 e. The number of hydrogen-bond donors (Lipinski definition) is 3. The molecule has 0 fully saturated rings. The van der Waals surface area contributed by atoms with Gasteiger partial charge in [0.2, 0.25) is 0 Å². The third-order valence-electron chi connectivity index (χ3n) is 0.653. The van der Waals surface area contributed by atoms with E-state index in [0.717, 1.165) is 0 Å². The summed E-state index contributed by atoms with van der Waals surface area (Å²) < 4.78 is 0. The SMILES string of the molecule is O=C(O)CC(O)C(=O)O.[Cu].[H-].[Na+]. The quantitative estimate of drug-likeness (QED) is 0.423. The zero-order valence-electron chi connectivity index (χ0n) is 6.74. The number of aliphatic hydroxyl groups is 1. The Labute approximate surface area is 97.0 Å². The van der Waals surface area contributed by atoms with Crippen molar-refractivity contribution in [2.24, 2.45) is 0 Å². The molecular formula is C4H7CuNaO5. The van der Waals surface area contributed by atoms with Gasteiger partial charge in [-0.2, -0.15) is 0 Å². The number of rotatable bonds is 3. The van der Waals surface area contributed by atoms with Gasteiger partial charge in [-0.25, -0.2) is 4.79 Å². The van der Waals surface area contributed by atoms with Crippen molar-refractivity contribution in [3.05, 3.63) is 0 Å². The van der Waals surface area contributed by atoms with Crippen LogP contribution in [0.4, 0.5) is 0 Å².